The lowest BCUT2D eigenvalue weighted by Crippen LogP contribution is -2.38. The minimum atomic E-state index is -0.945. The monoisotopic (exact) mass is 475 g/mol. The molecule has 9 heteroatoms. The molecule has 1 aliphatic rings. The number of nitrogens with one attached hydrogen (secondary N) is 2. The van der Waals surface area contributed by atoms with Crippen LogP contribution in [0.2, 0.25) is 0 Å². The summed E-state index contributed by atoms with van der Waals surface area (Å²) in [4.78, 5) is 26.4. The molecule has 0 saturated carbocycles. The predicted octanol–water partition coefficient (Wildman–Crippen LogP) is 2.89. The van der Waals surface area contributed by atoms with E-state index in [0.717, 1.165) is 56.0 Å². The van der Waals surface area contributed by atoms with E-state index in [1.807, 2.05) is 24.3 Å². The van der Waals surface area contributed by atoms with Crippen LogP contribution >= 0.6 is 0 Å². The van der Waals surface area contributed by atoms with Gasteiger partial charge in [0.1, 0.15) is 24.0 Å². The van der Waals surface area contributed by atoms with E-state index in [1.54, 1.807) is 0 Å². The number of rotatable bonds is 11. The molecule has 0 unspecified atom stereocenters. The Hall–Kier alpha value is -3.04. The van der Waals surface area contributed by atoms with Crippen molar-refractivity contribution in [3.05, 3.63) is 65.2 Å². The standard InChI is InChI=1S/C25H31F2N3O4/c1-30(20-8-12-33-13-9-20)11-14-34-21-4-2-3-18(15-21)17-29-24(31)7-10-28-25(32)22-6-5-19(26)16-23(22)27/h2-6,15-16,20H,7-14,17H2,1H3,(H,28,32)(H,29,31). The number of carbonyl (C=O) groups excluding carboxylic acids is 2. The summed E-state index contributed by atoms with van der Waals surface area (Å²) in [6.07, 6.45) is 2.11. The van der Waals surface area contributed by atoms with Crippen molar-refractivity contribution >= 4 is 11.8 Å². The number of ether oxygens (including phenoxy) is 2. The minimum absolute atomic E-state index is 0.0310. The number of carbonyl (C=O) groups is 2. The maximum absolute atomic E-state index is 13.6. The van der Waals surface area contributed by atoms with E-state index in [-0.39, 0.29) is 24.4 Å². The fourth-order valence-electron chi connectivity index (χ4n) is 3.71. The number of halogens is 2. The minimum Gasteiger partial charge on any atom is -0.492 e. The van der Waals surface area contributed by atoms with Gasteiger partial charge in [-0.25, -0.2) is 8.78 Å². The van der Waals surface area contributed by atoms with Gasteiger partial charge in [0, 0.05) is 51.4 Å². The van der Waals surface area contributed by atoms with Crippen LogP contribution in [0.3, 0.4) is 0 Å². The van der Waals surface area contributed by atoms with Crippen LogP contribution in [0, 0.1) is 11.6 Å². The van der Waals surface area contributed by atoms with E-state index in [9.17, 15) is 18.4 Å². The Labute approximate surface area is 198 Å². The Morgan fingerprint density at radius 3 is 2.68 bits per heavy atom. The van der Waals surface area contributed by atoms with Gasteiger partial charge in [0.25, 0.3) is 5.91 Å². The first-order valence-corrected chi connectivity index (χ1v) is 11.4. The summed E-state index contributed by atoms with van der Waals surface area (Å²) in [7, 11) is 2.10. The van der Waals surface area contributed by atoms with Gasteiger partial charge in [-0.15, -0.1) is 0 Å². The summed E-state index contributed by atoms with van der Waals surface area (Å²) in [5.41, 5.74) is 0.624. The molecule has 0 aliphatic carbocycles. The first-order valence-electron chi connectivity index (χ1n) is 11.4. The van der Waals surface area contributed by atoms with E-state index >= 15 is 0 Å². The highest BCUT2D eigenvalue weighted by Gasteiger charge is 2.18. The van der Waals surface area contributed by atoms with Crippen molar-refractivity contribution < 1.29 is 27.8 Å². The van der Waals surface area contributed by atoms with Crippen LogP contribution in [-0.2, 0) is 16.1 Å². The zero-order valence-corrected chi connectivity index (χ0v) is 19.3. The molecule has 2 N–H and O–H groups in total. The van der Waals surface area contributed by atoms with Gasteiger partial charge in [-0.05, 0) is 49.7 Å². The van der Waals surface area contributed by atoms with Gasteiger partial charge in [0.05, 0.1) is 5.56 Å². The van der Waals surface area contributed by atoms with Gasteiger partial charge >= 0.3 is 0 Å². The van der Waals surface area contributed by atoms with E-state index in [4.69, 9.17) is 9.47 Å². The fraction of sp³-hybridized carbons (Fsp3) is 0.440. The normalized spacial score (nSPS) is 14.1. The summed E-state index contributed by atoms with van der Waals surface area (Å²) < 4.78 is 37.9. The maximum Gasteiger partial charge on any atom is 0.254 e. The van der Waals surface area contributed by atoms with Crippen LogP contribution < -0.4 is 15.4 Å². The summed E-state index contributed by atoms with van der Waals surface area (Å²) in [6.45, 7) is 3.35. The molecule has 3 rings (SSSR count). The summed E-state index contributed by atoms with van der Waals surface area (Å²) >= 11 is 0. The SMILES string of the molecule is CN(CCOc1cccc(CNC(=O)CCNC(=O)c2ccc(F)cc2F)c1)C1CCOCC1. The molecular weight excluding hydrogens is 444 g/mol. The lowest BCUT2D eigenvalue weighted by molar-refractivity contribution is -0.121. The average molecular weight is 476 g/mol. The van der Waals surface area contributed by atoms with Crippen LogP contribution in [-0.4, -0.2) is 62.7 Å². The smallest absolute Gasteiger partial charge is 0.254 e. The van der Waals surface area contributed by atoms with Gasteiger partial charge in [-0.3, -0.25) is 14.5 Å². The first-order chi connectivity index (χ1) is 16.4. The zero-order valence-electron chi connectivity index (χ0n) is 19.3. The van der Waals surface area contributed by atoms with E-state index in [0.29, 0.717) is 25.3 Å². The lowest BCUT2D eigenvalue weighted by atomic mass is 10.1. The summed E-state index contributed by atoms with van der Waals surface area (Å²) in [5.74, 6) is -1.92. The quantitative estimate of drug-likeness (QED) is 0.523. The van der Waals surface area contributed by atoms with E-state index < -0.39 is 17.5 Å². The van der Waals surface area contributed by atoms with Crippen molar-refractivity contribution in [1.82, 2.24) is 15.5 Å². The Balaban J connectivity index is 1.35. The molecule has 7 nitrogen and oxygen atoms in total. The third-order valence-corrected chi connectivity index (χ3v) is 5.73. The van der Waals surface area contributed by atoms with Crippen molar-refractivity contribution in [2.24, 2.45) is 0 Å². The zero-order chi connectivity index (χ0) is 24.3. The maximum atomic E-state index is 13.6. The molecule has 1 fully saturated rings. The molecular formula is C25H31F2N3O4. The number of likely N-dealkylation sites (N-methyl/N-ethyl adjacent to an activating group) is 1. The molecule has 34 heavy (non-hydrogen) atoms. The van der Waals surface area contributed by atoms with Crippen molar-refractivity contribution in [2.75, 3.05) is 40.0 Å². The molecule has 0 atom stereocenters. The van der Waals surface area contributed by atoms with Crippen molar-refractivity contribution in [2.45, 2.75) is 31.8 Å². The number of benzene rings is 2. The highest BCUT2D eigenvalue weighted by Crippen LogP contribution is 2.15. The van der Waals surface area contributed by atoms with Crippen LogP contribution in [0.25, 0.3) is 0 Å². The summed E-state index contributed by atoms with van der Waals surface area (Å²) in [6, 6.07) is 10.8. The highest BCUT2D eigenvalue weighted by atomic mass is 19.1. The van der Waals surface area contributed by atoms with Gasteiger partial charge in [-0.2, -0.15) is 0 Å². The van der Waals surface area contributed by atoms with Crippen LogP contribution in [0.5, 0.6) is 5.75 Å². The highest BCUT2D eigenvalue weighted by molar-refractivity contribution is 5.94. The second kappa shape index (κ2) is 13.0. The molecule has 2 amide bonds. The van der Waals surface area contributed by atoms with Gasteiger partial charge < -0.3 is 20.1 Å². The Morgan fingerprint density at radius 1 is 1.12 bits per heavy atom. The molecule has 0 bridgehead atoms. The third kappa shape index (κ3) is 8.07. The number of hydrogen-bond acceptors (Lipinski definition) is 5. The molecule has 0 spiro atoms. The number of hydrogen-bond donors (Lipinski definition) is 2. The predicted molar refractivity (Wildman–Crippen MR) is 124 cm³/mol. The van der Waals surface area contributed by atoms with Gasteiger partial charge in [0.2, 0.25) is 5.91 Å². The topological polar surface area (TPSA) is 79.9 Å². The second-order valence-electron chi connectivity index (χ2n) is 8.23. The Bertz CT molecular complexity index is 967. The lowest BCUT2D eigenvalue weighted by Gasteiger charge is -2.31. The van der Waals surface area contributed by atoms with Crippen molar-refractivity contribution in [3.63, 3.8) is 0 Å². The molecule has 0 radical (unpaired) electrons. The number of amides is 2. The van der Waals surface area contributed by atoms with E-state index in [2.05, 4.69) is 22.6 Å². The third-order valence-electron chi connectivity index (χ3n) is 5.73. The van der Waals surface area contributed by atoms with Crippen molar-refractivity contribution in [1.29, 1.82) is 0 Å². The Morgan fingerprint density at radius 2 is 1.91 bits per heavy atom. The number of nitrogens with zero attached hydrogens (tertiary/aromatic N) is 1. The first kappa shape index (κ1) is 25.6. The average Bonchev–Trinajstić information content (AvgIpc) is 2.83. The van der Waals surface area contributed by atoms with Gasteiger partial charge in [0.15, 0.2) is 0 Å². The van der Waals surface area contributed by atoms with Crippen molar-refractivity contribution in [3.8, 4) is 5.75 Å². The van der Waals surface area contributed by atoms with Crippen LogP contribution in [0.4, 0.5) is 8.78 Å². The van der Waals surface area contributed by atoms with Crippen LogP contribution in [0.1, 0.15) is 35.2 Å². The van der Waals surface area contributed by atoms with Gasteiger partial charge in [-0.1, -0.05) is 12.1 Å². The second-order valence-corrected chi connectivity index (χ2v) is 8.23. The fourth-order valence-corrected chi connectivity index (χ4v) is 3.71. The summed E-state index contributed by atoms with van der Waals surface area (Å²) in [5, 5.41) is 5.25. The molecule has 2 aromatic rings. The molecule has 1 saturated heterocycles. The Kier molecular flexibility index (Phi) is 9.78. The van der Waals surface area contributed by atoms with Crippen LogP contribution in [0.15, 0.2) is 42.5 Å². The molecule has 2 aromatic carbocycles. The largest absolute Gasteiger partial charge is 0.492 e. The molecule has 184 valence electrons. The molecule has 0 aromatic heterocycles. The molecule has 1 aliphatic heterocycles. The molecule has 1 heterocycles. The van der Waals surface area contributed by atoms with E-state index in [1.165, 1.54) is 0 Å².